The van der Waals surface area contributed by atoms with E-state index < -0.39 is 0 Å². The number of Topliss-reactive ketones (excluding diaryl/α,β-unsaturated/α-hetero) is 1. The van der Waals surface area contributed by atoms with E-state index in [0.717, 1.165) is 0 Å². The zero-order valence-corrected chi connectivity index (χ0v) is 7.60. The van der Waals surface area contributed by atoms with E-state index in [0.29, 0.717) is 5.65 Å². The Morgan fingerprint density at radius 3 is 2.93 bits per heavy atom. The molecule has 0 aliphatic rings. The summed E-state index contributed by atoms with van der Waals surface area (Å²) in [6, 6.07) is 5.22. The van der Waals surface area contributed by atoms with Crippen molar-refractivity contribution in [3.8, 4) is 0 Å². The molecule has 0 amide bonds. The van der Waals surface area contributed by atoms with Crippen molar-refractivity contribution in [1.29, 1.82) is 0 Å². The molecule has 0 unspecified atom stereocenters. The fourth-order valence-electron chi connectivity index (χ4n) is 1.27. The molecule has 2 heterocycles. The summed E-state index contributed by atoms with van der Waals surface area (Å²) in [6.07, 6.45) is 2.91. The molecular formula is C10H8N2O2. The molecule has 0 atom stereocenters. The fraction of sp³-hybridized carbons (Fsp3) is 0.100. The number of pyridine rings is 1. The lowest BCUT2D eigenvalue weighted by molar-refractivity contribution is 0.101. The molecule has 0 saturated heterocycles. The normalized spacial score (nSPS) is 10.4. The van der Waals surface area contributed by atoms with Crippen LogP contribution in [0.15, 0.2) is 35.4 Å². The molecule has 4 heteroatoms. The van der Waals surface area contributed by atoms with Crippen molar-refractivity contribution in [2.24, 2.45) is 0 Å². The Morgan fingerprint density at radius 2 is 2.21 bits per heavy atom. The molecule has 70 valence electrons. The molecule has 14 heavy (non-hydrogen) atoms. The molecule has 0 saturated carbocycles. The van der Waals surface area contributed by atoms with E-state index in [1.54, 1.807) is 24.4 Å². The van der Waals surface area contributed by atoms with Gasteiger partial charge in [-0.2, -0.15) is 0 Å². The van der Waals surface area contributed by atoms with Gasteiger partial charge in [0.05, 0.1) is 0 Å². The first-order valence-corrected chi connectivity index (χ1v) is 4.17. The molecule has 0 aromatic carbocycles. The number of hydrogen-bond acceptors (Lipinski definition) is 3. The average Bonchev–Trinajstić information content (AvgIpc) is 2.18. The van der Waals surface area contributed by atoms with Gasteiger partial charge >= 0.3 is 0 Å². The van der Waals surface area contributed by atoms with Gasteiger partial charge < -0.3 is 0 Å². The van der Waals surface area contributed by atoms with E-state index in [9.17, 15) is 9.59 Å². The summed E-state index contributed by atoms with van der Waals surface area (Å²) in [6.45, 7) is 1.35. The molecule has 0 N–H and O–H groups in total. The van der Waals surface area contributed by atoms with Crippen molar-refractivity contribution in [2.45, 2.75) is 6.92 Å². The lowest BCUT2D eigenvalue weighted by Crippen LogP contribution is -2.21. The van der Waals surface area contributed by atoms with Gasteiger partial charge in [-0.25, -0.2) is 4.98 Å². The highest BCUT2D eigenvalue weighted by Crippen LogP contribution is 1.97. The number of aromatic nitrogens is 2. The van der Waals surface area contributed by atoms with Gasteiger partial charge in [0.25, 0.3) is 5.56 Å². The molecule has 0 spiro atoms. The lowest BCUT2D eigenvalue weighted by atomic mass is 10.2. The zero-order valence-electron chi connectivity index (χ0n) is 7.60. The van der Waals surface area contributed by atoms with Crippen LogP contribution in [0.3, 0.4) is 0 Å². The number of fused-ring (bicyclic) bond motifs is 1. The van der Waals surface area contributed by atoms with E-state index in [2.05, 4.69) is 4.98 Å². The summed E-state index contributed by atoms with van der Waals surface area (Å²) in [4.78, 5) is 26.7. The van der Waals surface area contributed by atoms with E-state index in [1.807, 2.05) is 0 Å². The Labute approximate surface area is 79.8 Å². The smallest absolute Gasteiger partial charge is 0.268 e. The van der Waals surface area contributed by atoms with Crippen molar-refractivity contribution in [3.05, 3.63) is 46.5 Å². The minimum Gasteiger partial charge on any atom is -0.294 e. The predicted molar refractivity (Wildman–Crippen MR) is 51.5 cm³/mol. The Kier molecular flexibility index (Phi) is 1.89. The first-order chi connectivity index (χ1) is 6.70. The molecule has 0 aliphatic carbocycles. The van der Waals surface area contributed by atoms with Crippen LogP contribution >= 0.6 is 0 Å². The standard InChI is InChI=1S/C10H8N2O2/c1-7(13)8-6-11-9-4-2-3-5-12(9)10(8)14/h2-6H,1H3. The van der Waals surface area contributed by atoms with Crippen LogP contribution in [0.2, 0.25) is 0 Å². The van der Waals surface area contributed by atoms with Crippen LogP contribution in [0.5, 0.6) is 0 Å². The summed E-state index contributed by atoms with van der Waals surface area (Å²) in [5.74, 6) is -0.263. The SMILES string of the molecule is CC(=O)c1cnc2ccccn2c1=O. The van der Waals surface area contributed by atoms with Crippen molar-refractivity contribution in [1.82, 2.24) is 9.38 Å². The van der Waals surface area contributed by atoms with Gasteiger partial charge in [0.15, 0.2) is 5.78 Å². The summed E-state index contributed by atoms with van der Waals surface area (Å²) >= 11 is 0. The third-order valence-corrected chi connectivity index (χ3v) is 1.99. The van der Waals surface area contributed by atoms with Gasteiger partial charge in [0, 0.05) is 12.4 Å². The van der Waals surface area contributed by atoms with Gasteiger partial charge in [0.1, 0.15) is 11.2 Å². The van der Waals surface area contributed by atoms with Crippen LogP contribution in [-0.2, 0) is 0 Å². The van der Waals surface area contributed by atoms with Crippen molar-refractivity contribution < 1.29 is 4.79 Å². The summed E-state index contributed by atoms with van der Waals surface area (Å²) in [5, 5.41) is 0. The fourth-order valence-corrected chi connectivity index (χ4v) is 1.27. The Hall–Kier alpha value is -1.97. The van der Waals surface area contributed by atoms with Crippen molar-refractivity contribution >= 4 is 11.4 Å². The molecule has 2 aromatic heterocycles. The van der Waals surface area contributed by atoms with Crippen LogP contribution in [0.4, 0.5) is 0 Å². The zero-order chi connectivity index (χ0) is 10.1. The molecular weight excluding hydrogens is 180 g/mol. The maximum Gasteiger partial charge on any atom is 0.268 e. The highest BCUT2D eigenvalue weighted by atomic mass is 16.1. The first kappa shape index (κ1) is 8.62. The highest BCUT2D eigenvalue weighted by Gasteiger charge is 2.07. The second-order valence-corrected chi connectivity index (χ2v) is 2.96. The molecule has 0 bridgehead atoms. The minimum atomic E-state index is -0.317. The average molecular weight is 188 g/mol. The molecule has 2 rings (SSSR count). The van der Waals surface area contributed by atoms with Gasteiger partial charge in [-0.1, -0.05) is 6.07 Å². The first-order valence-electron chi connectivity index (χ1n) is 4.17. The number of ketones is 1. The summed E-state index contributed by atoms with van der Waals surface area (Å²) in [7, 11) is 0. The van der Waals surface area contributed by atoms with Gasteiger partial charge in [-0.05, 0) is 19.1 Å². The molecule has 2 aromatic rings. The number of carbonyl (C=O) groups is 1. The third-order valence-electron chi connectivity index (χ3n) is 1.99. The van der Waals surface area contributed by atoms with Gasteiger partial charge in [-0.15, -0.1) is 0 Å². The minimum absolute atomic E-state index is 0.119. The van der Waals surface area contributed by atoms with Crippen LogP contribution in [0, 0.1) is 0 Å². The molecule has 0 aliphatic heterocycles. The Bertz CT molecular complexity index is 557. The summed E-state index contributed by atoms with van der Waals surface area (Å²) in [5.41, 5.74) is 0.347. The number of rotatable bonds is 1. The summed E-state index contributed by atoms with van der Waals surface area (Å²) < 4.78 is 1.36. The van der Waals surface area contributed by atoms with Crippen LogP contribution in [0.25, 0.3) is 5.65 Å². The van der Waals surface area contributed by atoms with E-state index in [1.165, 1.54) is 17.5 Å². The second-order valence-electron chi connectivity index (χ2n) is 2.96. The van der Waals surface area contributed by atoms with E-state index in [-0.39, 0.29) is 16.9 Å². The maximum absolute atomic E-state index is 11.7. The van der Waals surface area contributed by atoms with Crippen LogP contribution in [0.1, 0.15) is 17.3 Å². The lowest BCUT2D eigenvalue weighted by Gasteiger charge is -1.99. The molecule has 0 radical (unpaired) electrons. The number of nitrogens with zero attached hydrogens (tertiary/aromatic N) is 2. The largest absolute Gasteiger partial charge is 0.294 e. The molecule has 4 nitrogen and oxygen atoms in total. The van der Waals surface area contributed by atoms with E-state index in [4.69, 9.17) is 0 Å². The van der Waals surface area contributed by atoms with Crippen LogP contribution < -0.4 is 5.56 Å². The van der Waals surface area contributed by atoms with Gasteiger partial charge in [0.2, 0.25) is 0 Å². The third kappa shape index (κ3) is 1.21. The highest BCUT2D eigenvalue weighted by molar-refractivity contribution is 5.93. The van der Waals surface area contributed by atoms with Gasteiger partial charge in [-0.3, -0.25) is 14.0 Å². The quantitative estimate of drug-likeness (QED) is 0.624. The second kappa shape index (κ2) is 3.06. The number of carbonyl (C=O) groups excluding carboxylic acids is 1. The molecule has 0 fully saturated rings. The predicted octanol–water partition coefficient (Wildman–Crippen LogP) is 0.897. The topological polar surface area (TPSA) is 51.4 Å². The monoisotopic (exact) mass is 188 g/mol. The maximum atomic E-state index is 11.7. The van der Waals surface area contributed by atoms with Crippen LogP contribution in [-0.4, -0.2) is 15.2 Å². The Morgan fingerprint density at radius 1 is 1.43 bits per heavy atom. The van der Waals surface area contributed by atoms with Crippen molar-refractivity contribution in [3.63, 3.8) is 0 Å². The van der Waals surface area contributed by atoms with E-state index >= 15 is 0 Å². The Balaban J connectivity index is 2.89. The van der Waals surface area contributed by atoms with Crippen molar-refractivity contribution in [2.75, 3.05) is 0 Å². The number of hydrogen-bond donors (Lipinski definition) is 0.